The topological polar surface area (TPSA) is 86.8 Å². The molecule has 0 saturated carbocycles. The number of anilines is 1. The van der Waals surface area contributed by atoms with Gasteiger partial charge in [-0.05, 0) is 68.0 Å². The lowest BCUT2D eigenvalue weighted by Crippen LogP contribution is -2.52. The first kappa shape index (κ1) is 31.9. The van der Waals surface area contributed by atoms with Crippen LogP contribution in [0.3, 0.4) is 0 Å². The Morgan fingerprint density at radius 3 is 2.10 bits per heavy atom. The molecule has 3 aromatic carbocycles. The summed E-state index contributed by atoms with van der Waals surface area (Å²) in [6.45, 7) is 12.1. The third-order valence-electron chi connectivity index (χ3n) is 7.11. The quantitative estimate of drug-likeness (QED) is 0.272. The van der Waals surface area contributed by atoms with Crippen molar-refractivity contribution in [3.05, 3.63) is 95.1 Å². The van der Waals surface area contributed by atoms with Crippen LogP contribution >= 0.6 is 0 Å². The highest BCUT2D eigenvalue weighted by Gasteiger charge is 2.33. The van der Waals surface area contributed by atoms with Gasteiger partial charge in [0.25, 0.3) is 10.0 Å². The second-order valence-electron chi connectivity index (χ2n) is 10.8. The lowest BCUT2D eigenvalue weighted by atomic mass is 10.0. The zero-order chi connectivity index (χ0) is 30.2. The van der Waals surface area contributed by atoms with Crippen LogP contribution in [0, 0.1) is 13.8 Å². The van der Waals surface area contributed by atoms with E-state index in [0.29, 0.717) is 18.7 Å². The fraction of sp³-hybridized carbons (Fsp3) is 0.394. The standard InChI is InChI=1S/C33H43N3O4S/c1-7-20-34-33(38)31(8-2)35(22-27-11-9-10-26(6)21-27)32(37)23-36(29-16-14-28(15-17-29)24(3)4)41(39,40)30-18-12-25(5)13-19-30/h9-19,21,24,31H,7-8,20,22-23H2,1-6H3,(H,34,38). The molecule has 1 unspecified atom stereocenters. The second kappa shape index (κ2) is 14.3. The lowest BCUT2D eigenvalue weighted by molar-refractivity contribution is -0.140. The molecule has 1 N–H and O–H groups in total. The predicted octanol–water partition coefficient (Wildman–Crippen LogP) is 5.96. The summed E-state index contributed by atoms with van der Waals surface area (Å²) in [6.07, 6.45) is 1.16. The Balaban J connectivity index is 2.07. The molecule has 0 fully saturated rings. The molecule has 0 spiro atoms. The molecule has 2 amide bonds. The van der Waals surface area contributed by atoms with Gasteiger partial charge in [-0.1, -0.05) is 87.4 Å². The molecule has 0 aliphatic carbocycles. The zero-order valence-corrected chi connectivity index (χ0v) is 25.9. The van der Waals surface area contributed by atoms with Crippen LogP contribution in [0.4, 0.5) is 5.69 Å². The van der Waals surface area contributed by atoms with Crippen molar-refractivity contribution >= 4 is 27.5 Å². The van der Waals surface area contributed by atoms with Gasteiger partial charge in [0, 0.05) is 13.1 Å². The fourth-order valence-corrected chi connectivity index (χ4v) is 6.10. The summed E-state index contributed by atoms with van der Waals surface area (Å²) in [5, 5.41) is 2.91. The minimum absolute atomic E-state index is 0.0989. The minimum Gasteiger partial charge on any atom is -0.354 e. The van der Waals surface area contributed by atoms with Crippen LogP contribution in [0.2, 0.25) is 0 Å². The summed E-state index contributed by atoms with van der Waals surface area (Å²) in [5.41, 5.74) is 4.29. The maximum Gasteiger partial charge on any atom is 0.264 e. The van der Waals surface area contributed by atoms with E-state index in [1.54, 1.807) is 36.4 Å². The molecule has 0 aliphatic heterocycles. The number of carbonyl (C=O) groups is 2. The zero-order valence-electron chi connectivity index (χ0n) is 25.1. The number of hydrogen-bond donors (Lipinski definition) is 1. The third-order valence-corrected chi connectivity index (χ3v) is 8.89. The number of sulfonamides is 1. The Hall–Kier alpha value is -3.65. The number of aryl methyl sites for hydroxylation is 2. The van der Waals surface area contributed by atoms with E-state index in [0.717, 1.165) is 33.0 Å². The van der Waals surface area contributed by atoms with Gasteiger partial charge in [-0.15, -0.1) is 0 Å². The summed E-state index contributed by atoms with van der Waals surface area (Å²) in [4.78, 5) is 29.0. The first-order valence-corrected chi connectivity index (χ1v) is 15.7. The van der Waals surface area contributed by atoms with Crippen molar-refractivity contribution in [3.8, 4) is 0 Å². The first-order valence-electron chi connectivity index (χ1n) is 14.3. The van der Waals surface area contributed by atoms with Crippen molar-refractivity contribution in [1.29, 1.82) is 0 Å². The Bertz CT molecular complexity index is 1420. The van der Waals surface area contributed by atoms with Crippen molar-refractivity contribution in [2.75, 3.05) is 17.4 Å². The van der Waals surface area contributed by atoms with Gasteiger partial charge in [0.2, 0.25) is 11.8 Å². The average Bonchev–Trinajstić information content (AvgIpc) is 2.94. The van der Waals surface area contributed by atoms with Gasteiger partial charge in [-0.3, -0.25) is 13.9 Å². The number of benzene rings is 3. The van der Waals surface area contributed by atoms with Crippen molar-refractivity contribution < 1.29 is 18.0 Å². The molecule has 0 aromatic heterocycles. The molecule has 3 aromatic rings. The monoisotopic (exact) mass is 577 g/mol. The summed E-state index contributed by atoms with van der Waals surface area (Å²) in [5.74, 6) is -0.428. The maximum atomic E-state index is 14.1. The number of amides is 2. The van der Waals surface area contributed by atoms with Crippen molar-refractivity contribution in [1.82, 2.24) is 10.2 Å². The van der Waals surface area contributed by atoms with Gasteiger partial charge in [-0.25, -0.2) is 8.42 Å². The van der Waals surface area contributed by atoms with Crippen LogP contribution in [0.1, 0.15) is 68.7 Å². The normalized spacial score (nSPS) is 12.2. The summed E-state index contributed by atoms with van der Waals surface area (Å²) in [6, 6.07) is 20.9. The number of hydrogen-bond acceptors (Lipinski definition) is 4. The summed E-state index contributed by atoms with van der Waals surface area (Å²) >= 11 is 0. The highest BCUT2D eigenvalue weighted by Crippen LogP contribution is 2.27. The second-order valence-corrected chi connectivity index (χ2v) is 12.7. The molecule has 7 nitrogen and oxygen atoms in total. The molecule has 0 bridgehead atoms. The summed E-state index contributed by atoms with van der Waals surface area (Å²) < 4.78 is 29.2. The van der Waals surface area contributed by atoms with Crippen molar-refractivity contribution in [3.63, 3.8) is 0 Å². The molecule has 0 heterocycles. The van der Waals surface area contributed by atoms with Crippen LogP contribution in [0.5, 0.6) is 0 Å². The molecule has 0 saturated heterocycles. The number of nitrogens with zero attached hydrogens (tertiary/aromatic N) is 2. The molecule has 1 atom stereocenters. The van der Waals surface area contributed by atoms with Gasteiger partial charge in [0.15, 0.2) is 0 Å². The smallest absolute Gasteiger partial charge is 0.264 e. The van der Waals surface area contributed by atoms with E-state index in [-0.39, 0.29) is 23.3 Å². The van der Waals surface area contributed by atoms with Crippen LogP contribution in [0.25, 0.3) is 0 Å². The van der Waals surface area contributed by atoms with Gasteiger partial charge in [0.05, 0.1) is 10.6 Å². The molecular formula is C33H43N3O4S. The van der Waals surface area contributed by atoms with Crippen LogP contribution < -0.4 is 9.62 Å². The van der Waals surface area contributed by atoms with E-state index in [9.17, 15) is 18.0 Å². The van der Waals surface area contributed by atoms with Crippen LogP contribution in [-0.4, -0.2) is 44.3 Å². The van der Waals surface area contributed by atoms with E-state index in [1.165, 1.54) is 4.90 Å². The van der Waals surface area contributed by atoms with Crippen molar-refractivity contribution in [2.45, 2.75) is 77.8 Å². The van der Waals surface area contributed by atoms with Crippen LogP contribution in [-0.2, 0) is 26.2 Å². The molecule has 41 heavy (non-hydrogen) atoms. The molecule has 3 rings (SSSR count). The molecule has 0 radical (unpaired) electrons. The van der Waals surface area contributed by atoms with Gasteiger partial charge in [0.1, 0.15) is 12.6 Å². The van der Waals surface area contributed by atoms with E-state index >= 15 is 0 Å². The Morgan fingerprint density at radius 1 is 0.878 bits per heavy atom. The van der Waals surface area contributed by atoms with E-state index in [4.69, 9.17) is 0 Å². The Morgan fingerprint density at radius 2 is 1.54 bits per heavy atom. The van der Waals surface area contributed by atoms with E-state index in [1.807, 2.05) is 64.1 Å². The average molecular weight is 578 g/mol. The van der Waals surface area contributed by atoms with E-state index < -0.39 is 28.5 Å². The summed E-state index contributed by atoms with van der Waals surface area (Å²) in [7, 11) is -4.09. The largest absolute Gasteiger partial charge is 0.354 e. The highest BCUT2D eigenvalue weighted by atomic mass is 32.2. The Labute approximate surface area is 245 Å². The Kier molecular flexibility index (Phi) is 11.1. The SMILES string of the molecule is CCCNC(=O)C(CC)N(Cc1cccc(C)c1)C(=O)CN(c1ccc(C(C)C)cc1)S(=O)(=O)c1ccc(C)cc1. The minimum atomic E-state index is -4.09. The molecular weight excluding hydrogens is 534 g/mol. The van der Waals surface area contributed by atoms with Gasteiger partial charge >= 0.3 is 0 Å². The third kappa shape index (κ3) is 8.19. The number of nitrogens with one attached hydrogen (secondary N) is 1. The molecule has 8 heteroatoms. The number of rotatable bonds is 13. The first-order chi connectivity index (χ1) is 19.5. The highest BCUT2D eigenvalue weighted by molar-refractivity contribution is 7.92. The maximum absolute atomic E-state index is 14.1. The number of carbonyl (C=O) groups excluding carboxylic acids is 2. The van der Waals surface area contributed by atoms with E-state index in [2.05, 4.69) is 19.2 Å². The van der Waals surface area contributed by atoms with Gasteiger partial charge in [-0.2, -0.15) is 0 Å². The fourth-order valence-electron chi connectivity index (χ4n) is 4.68. The van der Waals surface area contributed by atoms with Crippen LogP contribution in [0.15, 0.2) is 77.7 Å². The predicted molar refractivity (Wildman–Crippen MR) is 165 cm³/mol. The van der Waals surface area contributed by atoms with Crippen molar-refractivity contribution in [2.24, 2.45) is 0 Å². The van der Waals surface area contributed by atoms with Gasteiger partial charge < -0.3 is 10.2 Å². The molecule has 0 aliphatic rings. The lowest BCUT2D eigenvalue weighted by Gasteiger charge is -2.33. The molecule has 220 valence electrons.